The van der Waals surface area contributed by atoms with Gasteiger partial charge in [-0.3, -0.25) is 4.79 Å². The predicted molar refractivity (Wildman–Crippen MR) is 71.6 cm³/mol. The molecular formula is C15H19NO3. The molecule has 1 heterocycles. The maximum atomic E-state index is 12.0. The number of amides is 1. The van der Waals surface area contributed by atoms with Crippen LogP contribution in [0.2, 0.25) is 0 Å². The number of ketones is 1. The van der Waals surface area contributed by atoms with Crippen molar-refractivity contribution in [2.45, 2.75) is 26.4 Å². The highest BCUT2D eigenvalue weighted by molar-refractivity contribution is 5.82. The summed E-state index contributed by atoms with van der Waals surface area (Å²) in [5.74, 6) is 0.144. The van der Waals surface area contributed by atoms with E-state index in [0.717, 1.165) is 12.0 Å². The van der Waals surface area contributed by atoms with Crippen LogP contribution >= 0.6 is 0 Å². The van der Waals surface area contributed by atoms with E-state index in [0.29, 0.717) is 19.5 Å². The Kier molecular flexibility index (Phi) is 4.55. The topological polar surface area (TPSA) is 46.6 Å². The van der Waals surface area contributed by atoms with Gasteiger partial charge >= 0.3 is 6.09 Å². The minimum atomic E-state index is -0.328. The number of ether oxygens (including phenoxy) is 1. The van der Waals surface area contributed by atoms with E-state index in [1.54, 1.807) is 4.90 Å². The van der Waals surface area contributed by atoms with Gasteiger partial charge in [0.2, 0.25) is 0 Å². The third-order valence-corrected chi connectivity index (χ3v) is 3.36. The Hall–Kier alpha value is -1.84. The molecular weight excluding hydrogens is 242 g/mol. The van der Waals surface area contributed by atoms with E-state index < -0.39 is 0 Å². The molecule has 0 radical (unpaired) electrons. The van der Waals surface area contributed by atoms with Gasteiger partial charge in [-0.2, -0.15) is 0 Å². The third-order valence-electron chi connectivity index (χ3n) is 3.36. The molecule has 1 atom stereocenters. The summed E-state index contributed by atoms with van der Waals surface area (Å²) in [5, 5.41) is 0. The second-order valence-corrected chi connectivity index (χ2v) is 4.96. The number of benzene rings is 1. The first-order valence-corrected chi connectivity index (χ1v) is 6.65. The zero-order valence-electron chi connectivity index (χ0n) is 11.2. The van der Waals surface area contributed by atoms with Crippen molar-refractivity contribution in [1.82, 2.24) is 4.90 Å². The minimum Gasteiger partial charge on any atom is -0.445 e. The van der Waals surface area contributed by atoms with E-state index in [1.807, 2.05) is 37.3 Å². The third kappa shape index (κ3) is 3.81. The summed E-state index contributed by atoms with van der Waals surface area (Å²) < 4.78 is 5.28. The van der Waals surface area contributed by atoms with Gasteiger partial charge in [-0.05, 0) is 12.0 Å². The molecule has 102 valence electrons. The van der Waals surface area contributed by atoms with Gasteiger partial charge in [0.1, 0.15) is 12.4 Å². The number of likely N-dealkylation sites (tertiary alicyclic amines) is 1. The summed E-state index contributed by atoms with van der Waals surface area (Å²) in [5.41, 5.74) is 0.967. The standard InChI is InChI=1S/C15H19NO3/c1-12-10-16(9-5-8-14(12)17)15(18)19-11-13-6-3-2-4-7-13/h2-4,6-7,12H,5,8-11H2,1H3. The monoisotopic (exact) mass is 261 g/mol. The smallest absolute Gasteiger partial charge is 0.410 e. The molecule has 0 aliphatic carbocycles. The van der Waals surface area contributed by atoms with Crippen LogP contribution in [0.4, 0.5) is 4.79 Å². The zero-order valence-corrected chi connectivity index (χ0v) is 11.2. The number of hydrogen-bond donors (Lipinski definition) is 0. The highest BCUT2D eigenvalue weighted by Crippen LogP contribution is 2.14. The lowest BCUT2D eigenvalue weighted by atomic mass is 10.0. The lowest BCUT2D eigenvalue weighted by Gasteiger charge is -2.21. The predicted octanol–water partition coefficient (Wildman–Crippen LogP) is 2.62. The van der Waals surface area contributed by atoms with Gasteiger partial charge < -0.3 is 9.64 Å². The van der Waals surface area contributed by atoms with Crippen LogP contribution in [0.3, 0.4) is 0 Å². The van der Waals surface area contributed by atoms with Crippen molar-refractivity contribution in [2.24, 2.45) is 5.92 Å². The molecule has 0 spiro atoms. The Balaban J connectivity index is 1.87. The van der Waals surface area contributed by atoms with E-state index in [2.05, 4.69) is 0 Å². The maximum absolute atomic E-state index is 12.0. The molecule has 1 amide bonds. The number of carbonyl (C=O) groups excluding carboxylic acids is 2. The lowest BCUT2D eigenvalue weighted by molar-refractivity contribution is -0.122. The van der Waals surface area contributed by atoms with E-state index >= 15 is 0 Å². The van der Waals surface area contributed by atoms with Crippen LogP contribution < -0.4 is 0 Å². The van der Waals surface area contributed by atoms with Crippen molar-refractivity contribution >= 4 is 11.9 Å². The van der Waals surface area contributed by atoms with Gasteiger partial charge in [-0.15, -0.1) is 0 Å². The van der Waals surface area contributed by atoms with E-state index in [1.165, 1.54) is 0 Å². The van der Waals surface area contributed by atoms with Crippen LogP contribution in [0.15, 0.2) is 30.3 Å². The fourth-order valence-electron chi connectivity index (χ4n) is 2.19. The Labute approximate surface area is 113 Å². The second kappa shape index (κ2) is 6.36. The summed E-state index contributed by atoms with van der Waals surface area (Å²) in [7, 11) is 0. The van der Waals surface area contributed by atoms with Gasteiger partial charge in [0.05, 0.1) is 0 Å². The molecule has 1 saturated heterocycles. The Morgan fingerprint density at radius 3 is 2.84 bits per heavy atom. The van der Waals surface area contributed by atoms with Crippen LogP contribution in [0.1, 0.15) is 25.3 Å². The number of hydrogen-bond acceptors (Lipinski definition) is 3. The van der Waals surface area contributed by atoms with E-state index in [9.17, 15) is 9.59 Å². The molecule has 4 nitrogen and oxygen atoms in total. The molecule has 1 fully saturated rings. The van der Waals surface area contributed by atoms with Gasteiger partial charge in [0.25, 0.3) is 0 Å². The average Bonchev–Trinajstić information content (AvgIpc) is 2.60. The van der Waals surface area contributed by atoms with Crippen molar-refractivity contribution in [3.63, 3.8) is 0 Å². The lowest BCUT2D eigenvalue weighted by Crippen LogP contribution is -2.35. The summed E-state index contributed by atoms with van der Waals surface area (Å²) in [4.78, 5) is 25.2. The summed E-state index contributed by atoms with van der Waals surface area (Å²) in [6.07, 6.45) is 0.957. The molecule has 0 bridgehead atoms. The summed E-state index contributed by atoms with van der Waals surface area (Å²) in [6.45, 7) is 3.21. The molecule has 0 N–H and O–H groups in total. The summed E-state index contributed by atoms with van der Waals surface area (Å²) in [6, 6.07) is 9.59. The Morgan fingerprint density at radius 2 is 2.11 bits per heavy atom. The highest BCUT2D eigenvalue weighted by atomic mass is 16.6. The van der Waals surface area contributed by atoms with Crippen LogP contribution in [-0.2, 0) is 16.1 Å². The first-order valence-electron chi connectivity index (χ1n) is 6.65. The zero-order chi connectivity index (χ0) is 13.7. The molecule has 1 aliphatic heterocycles. The van der Waals surface area contributed by atoms with Crippen LogP contribution in [0, 0.1) is 5.92 Å². The first kappa shape index (κ1) is 13.6. The first-order chi connectivity index (χ1) is 9.16. The van der Waals surface area contributed by atoms with Gasteiger partial charge in [-0.1, -0.05) is 37.3 Å². The van der Waals surface area contributed by atoms with Crippen molar-refractivity contribution in [3.05, 3.63) is 35.9 Å². The highest BCUT2D eigenvalue weighted by Gasteiger charge is 2.25. The maximum Gasteiger partial charge on any atom is 0.410 e. The Bertz CT molecular complexity index is 444. The number of nitrogens with zero attached hydrogens (tertiary/aromatic N) is 1. The molecule has 1 aromatic carbocycles. The van der Waals surface area contributed by atoms with E-state index in [4.69, 9.17) is 4.74 Å². The minimum absolute atomic E-state index is 0.0909. The van der Waals surface area contributed by atoms with Crippen molar-refractivity contribution in [1.29, 1.82) is 0 Å². The quantitative estimate of drug-likeness (QED) is 0.822. The van der Waals surface area contributed by atoms with Gasteiger partial charge in [-0.25, -0.2) is 4.79 Å². The van der Waals surface area contributed by atoms with Crippen LogP contribution in [-0.4, -0.2) is 29.9 Å². The molecule has 19 heavy (non-hydrogen) atoms. The molecule has 0 saturated carbocycles. The molecule has 1 aromatic rings. The van der Waals surface area contributed by atoms with Gasteiger partial charge in [0, 0.05) is 25.4 Å². The SMILES string of the molecule is CC1CN(C(=O)OCc2ccccc2)CCCC1=O. The van der Waals surface area contributed by atoms with Crippen LogP contribution in [0.25, 0.3) is 0 Å². The normalized spacial score (nSPS) is 19.9. The Morgan fingerprint density at radius 1 is 1.37 bits per heavy atom. The molecule has 1 unspecified atom stereocenters. The van der Waals surface area contributed by atoms with Crippen LogP contribution in [0.5, 0.6) is 0 Å². The largest absolute Gasteiger partial charge is 0.445 e. The number of rotatable bonds is 2. The molecule has 2 rings (SSSR count). The second-order valence-electron chi connectivity index (χ2n) is 4.96. The molecule has 0 aromatic heterocycles. The van der Waals surface area contributed by atoms with Gasteiger partial charge in [0.15, 0.2) is 0 Å². The summed E-state index contributed by atoms with van der Waals surface area (Å²) >= 11 is 0. The van der Waals surface area contributed by atoms with E-state index in [-0.39, 0.29) is 24.4 Å². The van der Waals surface area contributed by atoms with Crippen molar-refractivity contribution in [2.75, 3.05) is 13.1 Å². The number of Topliss-reactive ketones (excluding diaryl/α,β-unsaturated/α-hetero) is 1. The number of carbonyl (C=O) groups is 2. The fraction of sp³-hybridized carbons (Fsp3) is 0.467. The molecule has 4 heteroatoms. The fourth-order valence-corrected chi connectivity index (χ4v) is 2.19. The molecule has 1 aliphatic rings. The average molecular weight is 261 g/mol. The van der Waals surface area contributed by atoms with Crippen molar-refractivity contribution < 1.29 is 14.3 Å². The van der Waals surface area contributed by atoms with Crippen molar-refractivity contribution in [3.8, 4) is 0 Å².